The summed E-state index contributed by atoms with van der Waals surface area (Å²) in [6.07, 6.45) is 3.12. The van der Waals surface area contributed by atoms with Gasteiger partial charge in [-0.3, -0.25) is 4.79 Å². The maximum Gasteiger partial charge on any atom is 0.345 e. The topological polar surface area (TPSA) is 79.5 Å². The minimum atomic E-state index is -1.45. The van der Waals surface area contributed by atoms with Gasteiger partial charge >= 0.3 is 5.97 Å². The molecular weight excluding hydrogens is 361 g/mol. The summed E-state index contributed by atoms with van der Waals surface area (Å²) in [5, 5.41) is 20.2. The number of pyridine rings is 1. The molecule has 5 nitrogen and oxygen atoms in total. The number of unbranched alkanes of at least 4 members (excludes halogenated alkanes) is 2. The first-order chi connectivity index (χ1) is 13.4. The van der Waals surface area contributed by atoms with Gasteiger partial charge in [-0.05, 0) is 48.2 Å². The van der Waals surface area contributed by atoms with Crippen molar-refractivity contribution in [3.63, 3.8) is 0 Å². The molecule has 28 heavy (non-hydrogen) atoms. The van der Waals surface area contributed by atoms with E-state index < -0.39 is 22.8 Å². The van der Waals surface area contributed by atoms with E-state index in [-0.39, 0.29) is 5.82 Å². The predicted octanol–water partition coefficient (Wildman–Crippen LogP) is 4.33. The van der Waals surface area contributed by atoms with E-state index in [2.05, 4.69) is 0 Å². The summed E-state index contributed by atoms with van der Waals surface area (Å²) in [6.45, 7) is 2.43. The smallest absolute Gasteiger partial charge is 0.345 e. The Kier molecular flexibility index (Phi) is 5.78. The van der Waals surface area contributed by atoms with E-state index in [0.29, 0.717) is 23.9 Å². The van der Waals surface area contributed by atoms with Crippen molar-refractivity contribution in [2.45, 2.75) is 39.2 Å². The number of aromatic nitrogens is 1. The lowest BCUT2D eigenvalue weighted by Gasteiger charge is -2.14. The normalized spacial score (nSPS) is 11.1. The molecule has 0 aliphatic heterocycles. The van der Waals surface area contributed by atoms with Gasteiger partial charge in [-0.2, -0.15) is 0 Å². The lowest BCUT2D eigenvalue weighted by atomic mass is 10.0. The number of rotatable bonds is 7. The molecule has 146 valence electrons. The second-order valence-electron chi connectivity index (χ2n) is 6.85. The number of hydrogen-bond acceptors (Lipinski definition) is 3. The van der Waals surface area contributed by atoms with Crippen LogP contribution in [0.1, 0.15) is 47.7 Å². The molecule has 0 saturated carbocycles. The summed E-state index contributed by atoms with van der Waals surface area (Å²) in [4.78, 5) is 24.2. The predicted molar refractivity (Wildman–Crippen MR) is 106 cm³/mol. The van der Waals surface area contributed by atoms with Crippen molar-refractivity contribution >= 4 is 16.9 Å². The maximum absolute atomic E-state index is 13.1. The van der Waals surface area contributed by atoms with Crippen molar-refractivity contribution in [3.05, 3.63) is 75.3 Å². The Morgan fingerprint density at radius 1 is 1.07 bits per heavy atom. The standard InChI is InChI=1S/C22H22FNO4/c1-2-3-4-11-24-18-10-7-15(12-14-5-8-16(23)9-6-14)13-17(18)20(25)19(21(24)26)22(27)28/h5-10,13,25H,2-4,11-12H2,1H3,(H,27,28). The summed E-state index contributed by atoms with van der Waals surface area (Å²) >= 11 is 0. The monoisotopic (exact) mass is 383 g/mol. The highest BCUT2D eigenvalue weighted by Gasteiger charge is 2.21. The van der Waals surface area contributed by atoms with E-state index in [1.165, 1.54) is 16.7 Å². The van der Waals surface area contributed by atoms with Gasteiger partial charge < -0.3 is 14.8 Å². The molecule has 0 bridgehead atoms. The van der Waals surface area contributed by atoms with E-state index in [1.807, 2.05) is 13.0 Å². The third-order valence-corrected chi connectivity index (χ3v) is 4.82. The highest BCUT2D eigenvalue weighted by atomic mass is 19.1. The number of aromatic carboxylic acids is 1. The van der Waals surface area contributed by atoms with Crippen LogP contribution in [0, 0.1) is 5.82 Å². The average molecular weight is 383 g/mol. The molecule has 0 fully saturated rings. The van der Waals surface area contributed by atoms with Crippen molar-refractivity contribution in [2.24, 2.45) is 0 Å². The second kappa shape index (κ2) is 8.25. The number of carbonyl (C=O) groups is 1. The van der Waals surface area contributed by atoms with Crippen LogP contribution in [-0.4, -0.2) is 20.7 Å². The Balaban J connectivity index is 2.11. The van der Waals surface area contributed by atoms with E-state index >= 15 is 0 Å². The first-order valence-electron chi connectivity index (χ1n) is 9.28. The molecular formula is C22H22FNO4. The summed E-state index contributed by atoms with van der Waals surface area (Å²) < 4.78 is 14.5. The van der Waals surface area contributed by atoms with Gasteiger partial charge in [0.05, 0.1) is 5.52 Å². The Morgan fingerprint density at radius 2 is 1.75 bits per heavy atom. The second-order valence-corrected chi connectivity index (χ2v) is 6.85. The van der Waals surface area contributed by atoms with Crippen LogP contribution in [-0.2, 0) is 13.0 Å². The number of benzene rings is 2. The van der Waals surface area contributed by atoms with Gasteiger partial charge in [0.25, 0.3) is 5.56 Å². The average Bonchev–Trinajstić information content (AvgIpc) is 2.66. The Morgan fingerprint density at radius 3 is 2.39 bits per heavy atom. The molecule has 0 amide bonds. The molecule has 2 aromatic carbocycles. The zero-order valence-electron chi connectivity index (χ0n) is 15.6. The minimum Gasteiger partial charge on any atom is -0.506 e. The van der Waals surface area contributed by atoms with Gasteiger partial charge in [0, 0.05) is 11.9 Å². The molecule has 3 aromatic rings. The van der Waals surface area contributed by atoms with Gasteiger partial charge in [0.2, 0.25) is 0 Å². The summed E-state index contributed by atoms with van der Waals surface area (Å²) in [7, 11) is 0. The van der Waals surface area contributed by atoms with E-state index in [4.69, 9.17) is 0 Å². The Labute approximate surface area is 161 Å². The number of halogens is 1. The Hall–Kier alpha value is -3.15. The van der Waals surface area contributed by atoms with Crippen LogP contribution < -0.4 is 5.56 Å². The van der Waals surface area contributed by atoms with Crippen molar-refractivity contribution in [1.29, 1.82) is 0 Å². The van der Waals surface area contributed by atoms with Crippen molar-refractivity contribution in [1.82, 2.24) is 4.57 Å². The van der Waals surface area contributed by atoms with Gasteiger partial charge in [-0.25, -0.2) is 9.18 Å². The van der Waals surface area contributed by atoms with Crippen LogP contribution in [0.3, 0.4) is 0 Å². The molecule has 0 spiro atoms. The summed E-state index contributed by atoms with van der Waals surface area (Å²) in [6, 6.07) is 11.4. The summed E-state index contributed by atoms with van der Waals surface area (Å²) in [5.74, 6) is -2.28. The molecule has 0 aliphatic rings. The number of hydrogen-bond donors (Lipinski definition) is 2. The third kappa shape index (κ3) is 3.91. The first kappa shape index (κ1) is 19.6. The van der Waals surface area contributed by atoms with Crippen LogP contribution >= 0.6 is 0 Å². The fourth-order valence-electron chi connectivity index (χ4n) is 3.37. The molecule has 6 heteroatoms. The quantitative estimate of drug-likeness (QED) is 0.596. The molecule has 3 rings (SSSR count). The van der Waals surface area contributed by atoms with Gasteiger partial charge in [-0.15, -0.1) is 0 Å². The molecule has 0 saturated heterocycles. The zero-order chi connectivity index (χ0) is 20.3. The lowest BCUT2D eigenvalue weighted by Crippen LogP contribution is -2.27. The maximum atomic E-state index is 13.1. The summed E-state index contributed by atoms with van der Waals surface area (Å²) in [5.41, 5.74) is 0.911. The van der Waals surface area contributed by atoms with Crippen molar-refractivity contribution in [3.8, 4) is 5.75 Å². The molecule has 1 heterocycles. The lowest BCUT2D eigenvalue weighted by molar-refractivity contribution is 0.0691. The number of carboxylic acid groups (broad SMARTS) is 1. The van der Waals surface area contributed by atoms with Crippen LogP contribution in [0.5, 0.6) is 5.75 Å². The van der Waals surface area contributed by atoms with Crippen molar-refractivity contribution < 1.29 is 19.4 Å². The number of aromatic hydroxyl groups is 1. The largest absolute Gasteiger partial charge is 0.506 e. The molecule has 0 unspecified atom stereocenters. The SMILES string of the molecule is CCCCCn1c(=O)c(C(=O)O)c(O)c2cc(Cc3ccc(F)cc3)ccc21. The molecule has 1 aromatic heterocycles. The number of fused-ring (bicyclic) bond motifs is 1. The highest BCUT2D eigenvalue weighted by Crippen LogP contribution is 2.28. The van der Waals surface area contributed by atoms with E-state index in [1.54, 1.807) is 24.3 Å². The Bertz CT molecular complexity index is 1070. The molecule has 0 radical (unpaired) electrons. The number of aryl methyl sites for hydroxylation is 1. The van der Waals surface area contributed by atoms with Crippen LogP contribution in [0.2, 0.25) is 0 Å². The number of carboxylic acids is 1. The van der Waals surface area contributed by atoms with Gasteiger partial charge in [0.1, 0.15) is 11.6 Å². The molecule has 0 aliphatic carbocycles. The van der Waals surface area contributed by atoms with E-state index in [0.717, 1.165) is 30.4 Å². The van der Waals surface area contributed by atoms with Gasteiger partial charge in [0.15, 0.2) is 5.56 Å². The first-order valence-corrected chi connectivity index (χ1v) is 9.28. The third-order valence-electron chi connectivity index (χ3n) is 4.82. The van der Waals surface area contributed by atoms with Crippen molar-refractivity contribution in [2.75, 3.05) is 0 Å². The van der Waals surface area contributed by atoms with Crippen LogP contribution in [0.4, 0.5) is 4.39 Å². The number of nitrogens with zero attached hydrogens (tertiary/aromatic N) is 1. The van der Waals surface area contributed by atoms with Gasteiger partial charge in [-0.1, -0.05) is 38.0 Å². The van der Waals surface area contributed by atoms with E-state index in [9.17, 15) is 24.2 Å². The molecule has 2 N–H and O–H groups in total. The fourth-order valence-corrected chi connectivity index (χ4v) is 3.37. The zero-order valence-corrected chi connectivity index (χ0v) is 15.6. The minimum absolute atomic E-state index is 0.317. The fraction of sp³-hybridized carbons (Fsp3) is 0.273. The molecule has 0 atom stereocenters. The van der Waals surface area contributed by atoms with Crippen LogP contribution in [0.25, 0.3) is 10.9 Å². The highest BCUT2D eigenvalue weighted by molar-refractivity contribution is 5.98. The van der Waals surface area contributed by atoms with Crippen LogP contribution in [0.15, 0.2) is 47.3 Å².